The van der Waals surface area contributed by atoms with Crippen molar-refractivity contribution in [1.82, 2.24) is 0 Å². The van der Waals surface area contributed by atoms with Crippen molar-refractivity contribution in [2.45, 2.75) is 12.3 Å². The highest BCUT2D eigenvalue weighted by molar-refractivity contribution is 9.10. The highest BCUT2D eigenvalue weighted by Gasteiger charge is 2.37. The average Bonchev–Trinajstić information content (AvgIpc) is 2.83. The van der Waals surface area contributed by atoms with Gasteiger partial charge in [0.1, 0.15) is 0 Å². The van der Waals surface area contributed by atoms with Gasteiger partial charge in [0.15, 0.2) is 0 Å². The van der Waals surface area contributed by atoms with Gasteiger partial charge in [-0.05, 0) is 42.5 Å². The maximum absolute atomic E-state index is 5.86. The second-order valence-electron chi connectivity index (χ2n) is 3.50. The molecule has 1 aromatic carbocycles. The van der Waals surface area contributed by atoms with Crippen LogP contribution in [0.3, 0.4) is 0 Å². The van der Waals surface area contributed by atoms with Crippen molar-refractivity contribution < 1.29 is 0 Å². The normalized spacial score (nSPS) is 26.1. The van der Waals surface area contributed by atoms with Crippen molar-refractivity contribution in [3.8, 4) is 0 Å². The number of rotatable bonds is 2. The molecule has 1 fully saturated rings. The Hall–Kier alpha value is -0.0500. The molecule has 0 bridgehead atoms. The summed E-state index contributed by atoms with van der Waals surface area (Å²) in [4.78, 5) is 0. The Labute approximate surface area is 91.4 Å². The van der Waals surface area contributed by atoms with Crippen molar-refractivity contribution in [3.63, 3.8) is 0 Å². The zero-order valence-corrected chi connectivity index (χ0v) is 9.48. The predicted molar refractivity (Wildman–Crippen MR) is 59.1 cm³/mol. The highest BCUT2D eigenvalue weighted by Crippen LogP contribution is 2.49. The zero-order valence-electron chi connectivity index (χ0n) is 7.13. The lowest BCUT2D eigenvalue weighted by molar-refractivity contribution is 0.808. The molecule has 1 nitrogen and oxygen atoms in total. The molecule has 13 heavy (non-hydrogen) atoms. The van der Waals surface area contributed by atoms with E-state index in [0.29, 0.717) is 11.8 Å². The van der Waals surface area contributed by atoms with Gasteiger partial charge in [0, 0.05) is 9.50 Å². The van der Waals surface area contributed by atoms with Crippen molar-refractivity contribution in [3.05, 3.63) is 33.3 Å². The third kappa shape index (κ3) is 1.90. The van der Waals surface area contributed by atoms with Crippen LogP contribution >= 0.6 is 27.5 Å². The van der Waals surface area contributed by atoms with E-state index in [1.807, 2.05) is 12.1 Å². The third-order valence-corrected chi connectivity index (χ3v) is 3.51. The van der Waals surface area contributed by atoms with Crippen molar-refractivity contribution >= 4 is 27.5 Å². The first-order valence-corrected chi connectivity index (χ1v) is 5.54. The van der Waals surface area contributed by atoms with Gasteiger partial charge in [-0.3, -0.25) is 0 Å². The molecule has 0 saturated heterocycles. The van der Waals surface area contributed by atoms with Gasteiger partial charge in [-0.2, -0.15) is 0 Å². The molecule has 0 aliphatic heterocycles. The fourth-order valence-electron chi connectivity index (χ4n) is 1.69. The standard InChI is InChI=1S/C10H11BrClN/c11-10-4-7(12)1-2-8(10)9-3-6(9)5-13/h1-2,4,6,9H,3,5,13H2/t6-,9+/m0/s1. The van der Waals surface area contributed by atoms with Crippen LogP contribution in [0.1, 0.15) is 17.9 Å². The molecule has 1 saturated carbocycles. The fraction of sp³-hybridized carbons (Fsp3) is 0.400. The van der Waals surface area contributed by atoms with E-state index in [0.717, 1.165) is 16.0 Å². The third-order valence-electron chi connectivity index (χ3n) is 2.59. The molecule has 0 spiro atoms. The van der Waals surface area contributed by atoms with Gasteiger partial charge < -0.3 is 5.73 Å². The number of halogens is 2. The minimum Gasteiger partial charge on any atom is -0.330 e. The van der Waals surface area contributed by atoms with E-state index in [2.05, 4.69) is 22.0 Å². The van der Waals surface area contributed by atoms with Crippen LogP contribution in [0.2, 0.25) is 5.02 Å². The van der Waals surface area contributed by atoms with Crippen molar-refractivity contribution in [1.29, 1.82) is 0 Å². The molecule has 1 aliphatic carbocycles. The van der Waals surface area contributed by atoms with E-state index in [1.54, 1.807) is 0 Å². The van der Waals surface area contributed by atoms with Gasteiger partial charge in [0.25, 0.3) is 0 Å². The zero-order chi connectivity index (χ0) is 9.42. The molecule has 0 amide bonds. The van der Waals surface area contributed by atoms with Gasteiger partial charge in [0.05, 0.1) is 0 Å². The summed E-state index contributed by atoms with van der Waals surface area (Å²) in [7, 11) is 0. The quantitative estimate of drug-likeness (QED) is 0.868. The predicted octanol–water partition coefficient (Wildman–Crippen LogP) is 3.16. The number of benzene rings is 1. The summed E-state index contributed by atoms with van der Waals surface area (Å²) < 4.78 is 1.11. The van der Waals surface area contributed by atoms with Crippen LogP contribution in [0, 0.1) is 5.92 Å². The molecule has 3 heteroatoms. The van der Waals surface area contributed by atoms with Crippen LogP contribution < -0.4 is 5.73 Å². The molecule has 0 aromatic heterocycles. The SMILES string of the molecule is NC[C@@H]1C[C@H]1c1ccc(Cl)cc1Br. The first kappa shape index (κ1) is 9.50. The van der Waals surface area contributed by atoms with Gasteiger partial charge >= 0.3 is 0 Å². The van der Waals surface area contributed by atoms with Gasteiger partial charge in [0.2, 0.25) is 0 Å². The number of hydrogen-bond acceptors (Lipinski definition) is 1. The number of nitrogens with two attached hydrogens (primary N) is 1. The maximum Gasteiger partial charge on any atom is 0.0417 e. The first-order valence-electron chi connectivity index (χ1n) is 4.37. The smallest absolute Gasteiger partial charge is 0.0417 e. The minimum absolute atomic E-state index is 0.650. The molecular formula is C10H11BrClN. The Morgan fingerprint density at radius 3 is 2.85 bits per heavy atom. The molecule has 1 aliphatic rings. The highest BCUT2D eigenvalue weighted by atomic mass is 79.9. The lowest BCUT2D eigenvalue weighted by Gasteiger charge is -2.03. The van der Waals surface area contributed by atoms with Crippen LogP contribution in [0.25, 0.3) is 0 Å². The Kier molecular flexibility index (Phi) is 2.63. The second-order valence-corrected chi connectivity index (χ2v) is 4.79. The van der Waals surface area contributed by atoms with E-state index >= 15 is 0 Å². The van der Waals surface area contributed by atoms with Crippen molar-refractivity contribution in [2.75, 3.05) is 6.54 Å². The Balaban J connectivity index is 2.22. The minimum atomic E-state index is 0.650. The molecular weight excluding hydrogens is 249 g/mol. The Bertz CT molecular complexity index is 327. The summed E-state index contributed by atoms with van der Waals surface area (Å²) in [6, 6.07) is 5.98. The maximum atomic E-state index is 5.86. The molecule has 2 rings (SSSR count). The van der Waals surface area contributed by atoms with Crippen LogP contribution in [0.4, 0.5) is 0 Å². The van der Waals surface area contributed by atoms with Crippen LogP contribution in [0.15, 0.2) is 22.7 Å². The average molecular weight is 261 g/mol. The molecule has 2 N–H and O–H groups in total. The second kappa shape index (κ2) is 3.60. The van der Waals surface area contributed by atoms with E-state index in [1.165, 1.54) is 12.0 Å². The molecule has 2 atom stereocenters. The fourth-order valence-corrected chi connectivity index (χ4v) is 2.67. The summed E-state index contributed by atoms with van der Waals surface area (Å²) in [5.74, 6) is 1.33. The molecule has 0 radical (unpaired) electrons. The first-order chi connectivity index (χ1) is 6.22. The summed E-state index contributed by atoms with van der Waals surface area (Å²) in [6.45, 7) is 0.791. The van der Waals surface area contributed by atoms with E-state index in [4.69, 9.17) is 17.3 Å². The van der Waals surface area contributed by atoms with Gasteiger partial charge in [-0.15, -0.1) is 0 Å². The molecule has 0 unspecified atom stereocenters. The molecule has 1 aromatic rings. The lowest BCUT2D eigenvalue weighted by atomic mass is 10.1. The van der Waals surface area contributed by atoms with Gasteiger partial charge in [-0.1, -0.05) is 33.6 Å². The summed E-state index contributed by atoms with van der Waals surface area (Å²) in [5.41, 5.74) is 6.95. The summed E-state index contributed by atoms with van der Waals surface area (Å²) in [6.07, 6.45) is 1.22. The van der Waals surface area contributed by atoms with E-state index < -0.39 is 0 Å². The van der Waals surface area contributed by atoms with Crippen LogP contribution in [-0.2, 0) is 0 Å². The monoisotopic (exact) mass is 259 g/mol. The largest absolute Gasteiger partial charge is 0.330 e. The number of hydrogen-bond donors (Lipinski definition) is 1. The Morgan fingerprint density at radius 2 is 2.31 bits per heavy atom. The molecule has 0 heterocycles. The van der Waals surface area contributed by atoms with E-state index in [9.17, 15) is 0 Å². The summed E-state index contributed by atoms with van der Waals surface area (Å²) in [5, 5.41) is 0.778. The molecule has 70 valence electrons. The van der Waals surface area contributed by atoms with E-state index in [-0.39, 0.29) is 0 Å². The Morgan fingerprint density at radius 1 is 1.54 bits per heavy atom. The topological polar surface area (TPSA) is 26.0 Å². The van der Waals surface area contributed by atoms with Gasteiger partial charge in [-0.25, -0.2) is 0 Å². The van der Waals surface area contributed by atoms with Crippen molar-refractivity contribution in [2.24, 2.45) is 11.7 Å². The van der Waals surface area contributed by atoms with Crippen LogP contribution in [0.5, 0.6) is 0 Å². The van der Waals surface area contributed by atoms with Crippen LogP contribution in [-0.4, -0.2) is 6.54 Å². The summed E-state index contributed by atoms with van der Waals surface area (Å²) >= 11 is 9.38. The lowest BCUT2D eigenvalue weighted by Crippen LogP contribution is -2.02.